The van der Waals surface area contributed by atoms with Gasteiger partial charge in [-0.05, 0) is 31.4 Å². The van der Waals surface area contributed by atoms with Gasteiger partial charge in [-0.2, -0.15) is 11.8 Å². The van der Waals surface area contributed by atoms with E-state index in [1.54, 1.807) is 0 Å². The molecular formula is C12H21NO3S. The van der Waals surface area contributed by atoms with Crippen LogP contribution in [0, 0.1) is 0 Å². The number of carbonyl (C=O) groups is 2. The molecule has 17 heavy (non-hydrogen) atoms. The van der Waals surface area contributed by atoms with Crippen LogP contribution in [0.1, 0.15) is 44.9 Å². The van der Waals surface area contributed by atoms with E-state index in [0.717, 1.165) is 18.1 Å². The summed E-state index contributed by atoms with van der Waals surface area (Å²) in [4.78, 5) is 21.5. The molecule has 0 aromatic heterocycles. The molecule has 1 amide bonds. The average molecular weight is 259 g/mol. The lowest BCUT2D eigenvalue weighted by Gasteiger charge is -2.07. The first-order chi connectivity index (χ1) is 8.18. The highest BCUT2D eigenvalue weighted by atomic mass is 32.2. The number of thioether (sulfide) groups is 1. The van der Waals surface area contributed by atoms with Crippen LogP contribution in [0.4, 0.5) is 0 Å². The fourth-order valence-corrected chi connectivity index (χ4v) is 3.26. The Hall–Kier alpha value is -0.710. The summed E-state index contributed by atoms with van der Waals surface area (Å²) in [7, 11) is 0. The monoisotopic (exact) mass is 259 g/mol. The Morgan fingerprint density at radius 2 is 2.12 bits per heavy atom. The molecule has 5 heteroatoms. The van der Waals surface area contributed by atoms with Crippen molar-refractivity contribution in [3.63, 3.8) is 0 Å². The molecule has 1 rings (SSSR count). The van der Waals surface area contributed by atoms with E-state index in [-0.39, 0.29) is 18.9 Å². The summed E-state index contributed by atoms with van der Waals surface area (Å²) < 4.78 is 0. The van der Waals surface area contributed by atoms with Gasteiger partial charge in [-0.25, -0.2) is 0 Å². The van der Waals surface area contributed by atoms with Crippen LogP contribution in [0.3, 0.4) is 0 Å². The van der Waals surface area contributed by atoms with Crippen molar-refractivity contribution in [1.82, 2.24) is 5.32 Å². The van der Waals surface area contributed by atoms with Crippen molar-refractivity contribution in [2.75, 3.05) is 12.3 Å². The SMILES string of the molecule is O=C(O)CCNC(=O)CCCCC1CCCS1. The fourth-order valence-electron chi connectivity index (χ4n) is 1.93. The smallest absolute Gasteiger partial charge is 0.305 e. The minimum atomic E-state index is -0.872. The lowest BCUT2D eigenvalue weighted by molar-refractivity contribution is -0.136. The summed E-state index contributed by atoms with van der Waals surface area (Å²) >= 11 is 2.05. The molecule has 1 aliphatic heterocycles. The predicted octanol–water partition coefficient (Wildman–Crippen LogP) is 2.03. The van der Waals surface area contributed by atoms with Crippen molar-refractivity contribution in [3.05, 3.63) is 0 Å². The van der Waals surface area contributed by atoms with E-state index in [1.807, 2.05) is 0 Å². The molecule has 1 unspecified atom stereocenters. The molecule has 98 valence electrons. The Labute approximate surface area is 107 Å². The molecule has 2 N–H and O–H groups in total. The number of amides is 1. The zero-order valence-electron chi connectivity index (χ0n) is 10.1. The van der Waals surface area contributed by atoms with Gasteiger partial charge in [0.25, 0.3) is 0 Å². The zero-order valence-corrected chi connectivity index (χ0v) is 10.9. The van der Waals surface area contributed by atoms with Gasteiger partial charge in [0.05, 0.1) is 6.42 Å². The first-order valence-electron chi connectivity index (χ1n) is 6.28. The molecule has 1 fully saturated rings. The van der Waals surface area contributed by atoms with E-state index in [0.29, 0.717) is 6.42 Å². The number of unbranched alkanes of at least 4 members (excludes halogenated alkanes) is 1. The van der Waals surface area contributed by atoms with Gasteiger partial charge in [-0.3, -0.25) is 9.59 Å². The van der Waals surface area contributed by atoms with Crippen LogP contribution in [-0.2, 0) is 9.59 Å². The predicted molar refractivity (Wildman–Crippen MR) is 69.2 cm³/mol. The lowest BCUT2D eigenvalue weighted by atomic mass is 10.1. The molecule has 1 atom stereocenters. The van der Waals surface area contributed by atoms with E-state index >= 15 is 0 Å². The van der Waals surface area contributed by atoms with Crippen molar-refractivity contribution in [2.45, 2.75) is 50.2 Å². The van der Waals surface area contributed by atoms with E-state index < -0.39 is 5.97 Å². The van der Waals surface area contributed by atoms with Crippen LogP contribution >= 0.6 is 11.8 Å². The number of carboxylic acids is 1. The molecule has 0 spiro atoms. The minimum absolute atomic E-state index is 0.00442. The number of nitrogens with one attached hydrogen (secondary N) is 1. The van der Waals surface area contributed by atoms with Crippen LogP contribution in [0.5, 0.6) is 0 Å². The Balaban J connectivity index is 1.90. The highest BCUT2D eigenvalue weighted by Gasteiger charge is 2.14. The first kappa shape index (κ1) is 14.4. The lowest BCUT2D eigenvalue weighted by Crippen LogP contribution is -2.25. The maximum absolute atomic E-state index is 11.3. The summed E-state index contributed by atoms with van der Waals surface area (Å²) in [5.74, 6) is 0.397. The fraction of sp³-hybridized carbons (Fsp3) is 0.833. The standard InChI is InChI=1S/C12H21NO3S/c14-11(13-8-7-12(15)16)6-2-1-4-10-5-3-9-17-10/h10H,1-9H2,(H,13,14)(H,15,16). The Morgan fingerprint density at radius 1 is 1.29 bits per heavy atom. The third kappa shape index (κ3) is 7.26. The van der Waals surface area contributed by atoms with Crippen molar-refractivity contribution < 1.29 is 14.7 Å². The van der Waals surface area contributed by atoms with Gasteiger partial charge in [0.1, 0.15) is 0 Å². The molecule has 0 aromatic carbocycles. The largest absolute Gasteiger partial charge is 0.481 e. The summed E-state index contributed by atoms with van der Waals surface area (Å²) in [6, 6.07) is 0. The molecule has 0 bridgehead atoms. The van der Waals surface area contributed by atoms with Crippen LogP contribution in [-0.4, -0.2) is 34.5 Å². The van der Waals surface area contributed by atoms with E-state index in [2.05, 4.69) is 17.1 Å². The van der Waals surface area contributed by atoms with Crippen LogP contribution in [0.2, 0.25) is 0 Å². The Bertz CT molecular complexity index is 252. The Kier molecular flexibility index (Phi) is 7.08. The van der Waals surface area contributed by atoms with Gasteiger partial charge < -0.3 is 10.4 Å². The molecule has 4 nitrogen and oxygen atoms in total. The second-order valence-electron chi connectivity index (χ2n) is 4.37. The molecule has 0 aliphatic carbocycles. The second kappa shape index (κ2) is 8.39. The average Bonchev–Trinajstić information content (AvgIpc) is 2.76. The third-order valence-corrected chi connectivity index (χ3v) is 4.33. The van der Waals surface area contributed by atoms with Crippen LogP contribution in [0.25, 0.3) is 0 Å². The van der Waals surface area contributed by atoms with Gasteiger partial charge in [-0.15, -0.1) is 0 Å². The number of aliphatic carboxylic acids is 1. The highest BCUT2D eigenvalue weighted by Crippen LogP contribution is 2.29. The van der Waals surface area contributed by atoms with Crippen molar-refractivity contribution in [1.29, 1.82) is 0 Å². The van der Waals surface area contributed by atoms with E-state index in [4.69, 9.17) is 5.11 Å². The summed E-state index contributed by atoms with van der Waals surface area (Å²) in [5.41, 5.74) is 0. The molecule has 1 aliphatic rings. The summed E-state index contributed by atoms with van der Waals surface area (Å²) in [6.45, 7) is 0.243. The van der Waals surface area contributed by atoms with Crippen molar-refractivity contribution in [2.24, 2.45) is 0 Å². The van der Waals surface area contributed by atoms with Gasteiger partial charge in [0.2, 0.25) is 5.91 Å². The van der Waals surface area contributed by atoms with Crippen molar-refractivity contribution in [3.8, 4) is 0 Å². The second-order valence-corrected chi connectivity index (χ2v) is 5.78. The Morgan fingerprint density at radius 3 is 2.76 bits per heavy atom. The summed E-state index contributed by atoms with van der Waals surface area (Å²) in [5, 5.41) is 11.8. The normalized spacial score (nSPS) is 19.2. The van der Waals surface area contributed by atoms with Gasteiger partial charge in [0, 0.05) is 18.2 Å². The highest BCUT2D eigenvalue weighted by molar-refractivity contribution is 8.00. The third-order valence-electron chi connectivity index (χ3n) is 2.86. The molecule has 0 radical (unpaired) electrons. The number of rotatable bonds is 8. The van der Waals surface area contributed by atoms with Gasteiger partial charge >= 0.3 is 5.97 Å². The number of hydrogen-bond donors (Lipinski definition) is 2. The molecule has 1 saturated heterocycles. The van der Waals surface area contributed by atoms with Crippen LogP contribution in [0.15, 0.2) is 0 Å². The van der Waals surface area contributed by atoms with Gasteiger partial charge in [0.15, 0.2) is 0 Å². The van der Waals surface area contributed by atoms with Crippen LogP contribution < -0.4 is 5.32 Å². The quantitative estimate of drug-likeness (QED) is 0.655. The number of hydrogen-bond acceptors (Lipinski definition) is 3. The minimum Gasteiger partial charge on any atom is -0.481 e. The van der Waals surface area contributed by atoms with E-state index in [9.17, 15) is 9.59 Å². The molecular weight excluding hydrogens is 238 g/mol. The molecule has 1 heterocycles. The molecule has 0 aromatic rings. The summed E-state index contributed by atoms with van der Waals surface area (Å²) in [6.07, 6.45) is 6.43. The topological polar surface area (TPSA) is 66.4 Å². The van der Waals surface area contributed by atoms with Gasteiger partial charge in [-0.1, -0.05) is 6.42 Å². The number of carboxylic acid groups (broad SMARTS) is 1. The zero-order chi connectivity index (χ0) is 12.5. The maximum atomic E-state index is 11.3. The number of carbonyl (C=O) groups excluding carboxylic acids is 1. The van der Waals surface area contributed by atoms with Crippen molar-refractivity contribution >= 4 is 23.6 Å². The van der Waals surface area contributed by atoms with E-state index in [1.165, 1.54) is 25.0 Å². The maximum Gasteiger partial charge on any atom is 0.305 e. The first-order valence-corrected chi connectivity index (χ1v) is 7.33. The molecule has 0 saturated carbocycles.